The molecule has 6 nitrogen and oxygen atoms in total. The second kappa shape index (κ2) is 8.72. The normalized spacial score (nSPS) is 19.8. The quantitative estimate of drug-likeness (QED) is 0.628. The molecule has 2 heterocycles. The van der Waals surface area contributed by atoms with E-state index in [9.17, 15) is 9.59 Å². The maximum atomic E-state index is 12.9. The number of ether oxygens (including phenoxy) is 1. The van der Waals surface area contributed by atoms with Gasteiger partial charge in [0.1, 0.15) is 12.3 Å². The van der Waals surface area contributed by atoms with Crippen LogP contribution in [0.15, 0.2) is 22.8 Å². The van der Waals surface area contributed by atoms with Gasteiger partial charge in [-0.15, -0.1) is 11.6 Å². The first-order valence-electron chi connectivity index (χ1n) is 8.94. The molecule has 7 heteroatoms. The summed E-state index contributed by atoms with van der Waals surface area (Å²) in [7, 11) is 0. The van der Waals surface area contributed by atoms with E-state index in [-0.39, 0.29) is 42.8 Å². The van der Waals surface area contributed by atoms with E-state index >= 15 is 0 Å². The van der Waals surface area contributed by atoms with Gasteiger partial charge in [-0.2, -0.15) is 0 Å². The van der Waals surface area contributed by atoms with E-state index in [2.05, 4.69) is 0 Å². The molecule has 1 aromatic rings. The summed E-state index contributed by atoms with van der Waals surface area (Å²) in [5.41, 5.74) is 0. The van der Waals surface area contributed by atoms with Crippen LogP contribution in [-0.4, -0.2) is 59.3 Å². The summed E-state index contributed by atoms with van der Waals surface area (Å²) in [6, 6.07) is 3.85. The van der Waals surface area contributed by atoms with Crippen LogP contribution in [0, 0.1) is 0 Å². The summed E-state index contributed by atoms with van der Waals surface area (Å²) in [6.45, 7) is 1.78. The number of halogens is 1. The Morgan fingerprint density at radius 3 is 2.68 bits per heavy atom. The number of carbonyl (C=O) groups is 2. The Labute approximate surface area is 153 Å². The molecule has 2 amide bonds. The van der Waals surface area contributed by atoms with Crippen LogP contribution in [0.3, 0.4) is 0 Å². The number of alkyl halides is 1. The van der Waals surface area contributed by atoms with Crippen molar-refractivity contribution in [3.05, 3.63) is 24.2 Å². The van der Waals surface area contributed by atoms with Crippen LogP contribution >= 0.6 is 11.6 Å². The molecule has 0 radical (unpaired) electrons. The van der Waals surface area contributed by atoms with Crippen molar-refractivity contribution in [3.8, 4) is 0 Å². The molecule has 0 aromatic carbocycles. The maximum absolute atomic E-state index is 12.9. The molecule has 25 heavy (non-hydrogen) atoms. The van der Waals surface area contributed by atoms with Crippen LogP contribution < -0.4 is 0 Å². The van der Waals surface area contributed by atoms with Crippen LogP contribution in [-0.2, 0) is 20.9 Å². The second-order valence-electron chi connectivity index (χ2n) is 6.68. The summed E-state index contributed by atoms with van der Waals surface area (Å²) in [5, 5.41) is 0. The molecule has 0 spiro atoms. The van der Waals surface area contributed by atoms with Gasteiger partial charge in [0, 0.05) is 31.5 Å². The van der Waals surface area contributed by atoms with Gasteiger partial charge in [-0.25, -0.2) is 0 Å². The molecule has 1 atom stereocenters. The Balaban J connectivity index is 1.64. The number of amides is 2. The zero-order valence-corrected chi connectivity index (χ0v) is 15.1. The van der Waals surface area contributed by atoms with Gasteiger partial charge in [0.05, 0.1) is 18.9 Å². The lowest BCUT2D eigenvalue weighted by Gasteiger charge is -2.28. The van der Waals surface area contributed by atoms with E-state index in [1.54, 1.807) is 16.1 Å². The highest BCUT2D eigenvalue weighted by Crippen LogP contribution is 2.27. The third kappa shape index (κ3) is 5.22. The van der Waals surface area contributed by atoms with Gasteiger partial charge < -0.3 is 19.0 Å². The van der Waals surface area contributed by atoms with Crippen molar-refractivity contribution in [1.82, 2.24) is 9.80 Å². The van der Waals surface area contributed by atoms with Gasteiger partial charge in [0.15, 0.2) is 0 Å². The zero-order chi connectivity index (χ0) is 17.6. The van der Waals surface area contributed by atoms with Crippen LogP contribution in [0.5, 0.6) is 0 Å². The van der Waals surface area contributed by atoms with E-state index in [1.807, 2.05) is 12.1 Å². The van der Waals surface area contributed by atoms with E-state index in [1.165, 1.54) is 0 Å². The van der Waals surface area contributed by atoms with Crippen LogP contribution in [0.4, 0.5) is 0 Å². The molecule has 1 aliphatic heterocycles. The van der Waals surface area contributed by atoms with Crippen molar-refractivity contribution in [2.75, 3.05) is 25.6 Å². The van der Waals surface area contributed by atoms with E-state index in [0.29, 0.717) is 13.1 Å². The van der Waals surface area contributed by atoms with Gasteiger partial charge in [-0.3, -0.25) is 9.59 Å². The number of nitrogens with zero attached hydrogens (tertiary/aromatic N) is 2. The molecule has 2 fully saturated rings. The fraction of sp³-hybridized carbons (Fsp3) is 0.667. The monoisotopic (exact) mass is 368 g/mol. The smallest absolute Gasteiger partial charge is 0.242 e. The molecule has 2 aliphatic rings. The SMILES string of the molecule is O=C(CN(C(=O)CCCl)C1CC1)N(Cc1ccco1)C[C@H]1CCCO1. The van der Waals surface area contributed by atoms with Gasteiger partial charge >= 0.3 is 0 Å². The van der Waals surface area contributed by atoms with Crippen LogP contribution in [0.2, 0.25) is 0 Å². The maximum Gasteiger partial charge on any atom is 0.242 e. The molecule has 1 saturated heterocycles. The number of hydrogen-bond acceptors (Lipinski definition) is 4. The van der Waals surface area contributed by atoms with Gasteiger partial charge in [-0.05, 0) is 37.8 Å². The van der Waals surface area contributed by atoms with Crippen molar-refractivity contribution in [3.63, 3.8) is 0 Å². The number of rotatable bonds is 9. The number of furan rings is 1. The molecule has 1 aliphatic carbocycles. The summed E-state index contributed by atoms with van der Waals surface area (Å²) in [6.07, 6.45) is 5.85. The van der Waals surface area contributed by atoms with E-state index < -0.39 is 0 Å². The van der Waals surface area contributed by atoms with Crippen LogP contribution in [0.25, 0.3) is 0 Å². The molecule has 3 rings (SSSR count). The summed E-state index contributed by atoms with van der Waals surface area (Å²) in [5.74, 6) is 0.904. The third-order valence-corrected chi connectivity index (χ3v) is 4.84. The molecule has 0 bridgehead atoms. The second-order valence-corrected chi connectivity index (χ2v) is 7.06. The minimum Gasteiger partial charge on any atom is -0.467 e. The molecule has 0 N–H and O–H groups in total. The third-order valence-electron chi connectivity index (χ3n) is 4.65. The molecular formula is C18H25ClN2O4. The average molecular weight is 369 g/mol. The first kappa shape index (κ1) is 18.3. The van der Waals surface area contributed by atoms with Crippen molar-refractivity contribution >= 4 is 23.4 Å². The van der Waals surface area contributed by atoms with Crippen LogP contribution in [0.1, 0.15) is 37.9 Å². The van der Waals surface area contributed by atoms with Crippen molar-refractivity contribution < 1.29 is 18.7 Å². The van der Waals surface area contributed by atoms with Crippen molar-refractivity contribution in [2.24, 2.45) is 0 Å². The van der Waals surface area contributed by atoms with Gasteiger partial charge in [0.25, 0.3) is 0 Å². The first-order chi connectivity index (χ1) is 12.2. The topological polar surface area (TPSA) is 63.0 Å². The Morgan fingerprint density at radius 1 is 1.24 bits per heavy atom. The molecule has 1 aromatic heterocycles. The highest BCUT2D eigenvalue weighted by Gasteiger charge is 2.35. The van der Waals surface area contributed by atoms with Gasteiger partial charge in [-0.1, -0.05) is 0 Å². The molecular weight excluding hydrogens is 344 g/mol. The number of carbonyl (C=O) groups excluding carboxylic acids is 2. The Morgan fingerprint density at radius 2 is 2.08 bits per heavy atom. The van der Waals surface area contributed by atoms with Gasteiger partial charge in [0.2, 0.25) is 11.8 Å². The first-order valence-corrected chi connectivity index (χ1v) is 9.48. The largest absolute Gasteiger partial charge is 0.467 e. The Kier molecular flexibility index (Phi) is 6.37. The lowest BCUT2D eigenvalue weighted by atomic mass is 10.2. The lowest BCUT2D eigenvalue weighted by Crippen LogP contribution is -2.45. The fourth-order valence-electron chi connectivity index (χ4n) is 3.16. The number of hydrogen-bond donors (Lipinski definition) is 0. The summed E-state index contributed by atoms with van der Waals surface area (Å²) in [4.78, 5) is 28.6. The Hall–Kier alpha value is -1.53. The highest BCUT2D eigenvalue weighted by molar-refractivity contribution is 6.18. The highest BCUT2D eigenvalue weighted by atomic mass is 35.5. The fourth-order valence-corrected chi connectivity index (χ4v) is 3.32. The molecule has 138 valence electrons. The molecule has 1 saturated carbocycles. The minimum absolute atomic E-state index is 0.0408. The molecule has 0 unspecified atom stereocenters. The van der Waals surface area contributed by atoms with E-state index in [0.717, 1.165) is 38.1 Å². The average Bonchev–Trinajstić information content (AvgIpc) is 3.07. The standard InChI is InChI=1S/C18H25ClN2O4/c19-8-7-17(22)21(14-5-6-14)13-18(23)20(11-15-3-1-9-24-15)12-16-4-2-10-25-16/h1,3,9,14,16H,2,4-8,10-13H2/t16-/m1/s1. The minimum atomic E-state index is -0.0678. The predicted octanol–water partition coefficient (Wildman–Crippen LogP) is 2.41. The van der Waals surface area contributed by atoms with Crippen molar-refractivity contribution in [1.29, 1.82) is 0 Å². The van der Waals surface area contributed by atoms with Crippen molar-refractivity contribution in [2.45, 2.75) is 50.8 Å². The Bertz CT molecular complexity index is 568. The lowest BCUT2D eigenvalue weighted by molar-refractivity contribution is -0.142. The predicted molar refractivity (Wildman–Crippen MR) is 93.2 cm³/mol. The zero-order valence-electron chi connectivity index (χ0n) is 14.4. The van der Waals surface area contributed by atoms with E-state index in [4.69, 9.17) is 20.8 Å². The summed E-state index contributed by atoms with van der Waals surface area (Å²) >= 11 is 5.70. The summed E-state index contributed by atoms with van der Waals surface area (Å²) < 4.78 is 11.1.